The van der Waals surface area contributed by atoms with Gasteiger partial charge in [-0.2, -0.15) is 0 Å². The van der Waals surface area contributed by atoms with Gasteiger partial charge in [-0.1, -0.05) is 34.6 Å². The van der Waals surface area contributed by atoms with Crippen molar-refractivity contribution in [2.45, 2.75) is 12.8 Å². The molecule has 26 heavy (non-hydrogen) atoms. The highest BCUT2D eigenvalue weighted by molar-refractivity contribution is 5.87. The van der Waals surface area contributed by atoms with Crippen LogP contribution in [0.3, 0.4) is 0 Å². The second kappa shape index (κ2) is 6.87. The zero-order valence-corrected chi connectivity index (χ0v) is 13.9. The van der Waals surface area contributed by atoms with Crippen molar-refractivity contribution in [2.24, 2.45) is 5.92 Å². The van der Waals surface area contributed by atoms with E-state index >= 15 is 0 Å². The summed E-state index contributed by atoms with van der Waals surface area (Å²) in [6.07, 6.45) is 2.52. The smallest absolute Gasteiger partial charge is 0.359 e. The van der Waals surface area contributed by atoms with E-state index < -0.39 is 5.97 Å². The quantitative estimate of drug-likeness (QED) is 0.673. The number of carboxylic acids is 1. The number of rotatable bonds is 7. The fourth-order valence-corrected chi connectivity index (χ4v) is 2.52. The summed E-state index contributed by atoms with van der Waals surface area (Å²) >= 11 is 0. The van der Waals surface area contributed by atoms with Crippen LogP contribution in [-0.2, 0) is 0 Å². The average molecular weight is 351 g/mol. The summed E-state index contributed by atoms with van der Waals surface area (Å²) in [6.45, 7) is 0.778. The van der Waals surface area contributed by atoms with Crippen LogP contribution in [0.15, 0.2) is 48.5 Å². The Bertz CT molecular complexity index is 917. The van der Waals surface area contributed by atoms with E-state index in [1.807, 2.05) is 36.4 Å². The third kappa shape index (κ3) is 3.66. The van der Waals surface area contributed by atoms with Gasteiger partial charge >= 0.3 is 5.97 Å². The third-order valence-electron chi connectivity index (χ3n) is 4.15. The minimum absolute atomic E-state index is 0.0688. The van der Waals surface area contributed by atoms with E-state index in [-0.39, 0.29) is 11.6 Å². The van der Waals surface area contributed by atoms with Gasteiger partial charge in [-0.15, -0.1) is 0 Å². The fraction of sp³-hybridized carbons (Fsp3) is 0.211. The normalized spacial score (nSPS) is 13.4. The Hall–Kier alpha value is -3.35. The first-order valence-corrected chi connectivity index (χ1v) is 8.34. The molecule has 1 fully saturated rings. The number of H-pyrrole nitrogens is 1. The Morgan fingerprint density at radius 1 is 1.12 bits per heavy atom. The number of aromatic carboxylic acids is 1. The lowest BCUT2D eigenvalue weighted by molar-refractivity contribution is 0.0687. The van der Waals surface area contributed by atoms with E-state index in [9.17, 15) is 4.79 Å². The van der Waals surface area contributed by atoms with Gasteiger partial charge in [-0.05, 0) is 54.2 Å². The molecule has 1 saturated carbocycles. The molecule has 0 radical (unpaired) electrons. The molecule has 7 nitrogen and oxygen atoms in total. The van der Waals surface area contributed by atoms with Crippen LogP contribution in [0, 0.1) is 5.92 Å². The monoisotopic (exact) mass is 351 g/mol. The van der Waals surface area contributed by atoms with Crippen LogP contribution in [-0.4, -0.2) is 33.1 Å². The molecule has 3 aromatic rings. The van der Waals surface area contributed by atoms with Crippen molar-refractivity contribution < 1.29 is 19.4 Å². The Morgan fingerprint density at radius 3 is 2.65 bits per heavy atom. The number of nitrogens with one attached hydrogen (secondary N) is 1. The Kier molecular flexibility index (Phi) is 4.27. The van der Waals surface area contributed by atoms with Gasteiger partial charge < -0.3 is 14.6 Å². The predicted molar refractivity (Wildman–Crippen MR) is 93.5 cm³/mol. The number of benzene rings is 2. The number of hydrogen-bond donors (Lipinski definition) is 2. The van der Waals surface area contributed by atoms with Gasteiger partial charge in [0, 0.05) is 0 Å². The van der Waals surface area contributed by atoms with Crippen molar-refractivity contribution in [2.75, 3.05) is 6.61 Å². The highest BCUT2D eigenvalue weighted by atomic mass is 16.5. The first-order chi connectivity index (χ1) is 12.7. The molecule has 0 atom stereocenters. The highest BCUT2D eigenvalue weighted by Crippen LogP contribution is 2.31. The average Bonchev–Trinajstić information content (AvgIpc) is 3.37. The van der Waals surface area contributed by atoms with E-state index in [0.717, 1.165) is 23.5 Å². The van der Waals surface area contributed by atoms with Crippen molar-refractivity contribution in [1.82, 2.24) is 15.4 Å². The molecule has 7 heteroatoms. The largest absolute Gasteiger partial charge is 0.493 e. The Balaban J connectivity index is 1.47. The standard InChI is InChI=1S/C19H17N3O4/c23-19(24)17-18(21-22-20-17)26-15-8-6-13(7-9-15)14-2-1-3-16(10-14)25-11-12-4-5-12/h1-3,6-10,12H,4-5,11H2,(H,23,24)(H,20,21,22). The summed E-state index contributed by atoms with van der Waals surface area (Å²) < 4.78 is 11.3. The zero-order chi connectivity index (χ0) is 17.9. The molecule has 1 aliphatic rings. The lowest BCUT2D eigenvalue weighted by atomic mass is 10.1. The zero-order valence-electron chi connectivity index (χ0n) is 13.9. The van der Waals surface area contributed by atoms with Crippen LogP contribution in [0.4, 0.5) is 0 Å². The van der Waals surface area contributed by atoms with E-state index in [0.29, 0.717) is 11.7 Å². The molecule has 2 N–H and O–H groups in total. The first-order valence-electron chi connectivity index (χ1n) is 8.34. The van der Waals surface area contributed by atoms with Crippen LogP contribution >= 0.6 is 0 Å². The molecular weight excluding hydrogens is 334 g/mol. The third-order valence-corrected chi connectivity index (χ3v) is 4.15. The number of aromatic amines is 1. The minimum Gasteiger partial charge on any atom is -0.493 e. The Morgan fingerprint density at radius 2 is 1.92 bits per heavy atom. The van der Waals surface area contributed by atoms with Gasteiger partial charge in [0.1, 0.15) is 11.5 Å². The molecule has 0 spiro atoms. The molecule has 2 aromatic carbocycles. The summed E-state index contributed by atoms with van der Waals surface area (Å²) in [4.78, 5) is 11.0. The molecule has 0 saturated heterocycles. The molecule has 1 heterocycles. The lowest BCUT2D eigenvalue weighted by Crippen LogP contribution is -1.99. The van der Waals surface area contributed by atoms with Crippen molar-refractivity contribution in [3.8, 4) is 28.5 Å². The molecule has 1 aromatic heterocycles. The van der Waals surface area contributed by atoms with Crippen LogP contribution in [0.2, 0.25) is 0 Å². The maximum absolute atomic E-state index is 11.0. The summed E-state index contributed by atoms with van der Waals surface area (Å²) in [5.74, 6) is 0.808. The first kappa shape index (κ1) is 16.1. The van der Waals surface area contributed by atoms with E-state index in [1.165, 1.54) is 12.8 Å². The number of ether oxygens (including phenoxy) is 2. The van der Waals surface area contributed by atoms with Crippen molar-refractivity contribution in [3.63, 3.8) is 0 Å². The van der Waals surface area contributed by atoms with Crippen LogP contribution < -0.4 is 9.47 Å². The van der Waals surface area contributed by atoms with Crippen molar-refractivity contribution >= 4 is 5.97 Å². The molecule has 0 aliphatic heterocycles. The SMILES string of the molecule is O=C(O)c1[nH]nnc1Oc1ccc(-c2cccc(OCC3CC3)c2)cc1. The van der Waals surface area contributed by atoms with E-state index in [1.54, 1.807) is 12.1 Å². The molecule has 0 bridgehead atoms. The maximum atomic E-state index is 11.0. The lowest BCUT2D eigenvalue weighted by Gasteiger charge is -2.08. The molecule has 0 unspecified atom stereocenters. The van der Waals surface area contributed by atoms with Gasteiger partial charge in [-0.3, -0.25) is 0 Å². The van der Waals surface area contributed by atoms with Gasteiger partial charge in [0.25, 0.3) is 5.88 Å². The van der Waals surface area contributed by atoms with Crippen LogP contribution in [0.25, 0.3) is 11.1 Å². The summed E-state index contributed by atoms with van der Waals surface area (Å²) in [7, 11) is 0. The van der Waals surface area contributed by atoms with Gasteiger partial charge in [0.15, 0.2) is 0 Å². The number of aromatic nitrogens is 3. The number of carboxylic acid groups (broad SMARTS) is 1. The molecule has 1 aliphatic carbocycles. The van der Waals surface area contributed by atoms with Gasteiger partial charge in [0.05, 0.1) is 6.61 Å². The number of hydrogen-bond acceptors (Lipinski definition) is 5. The predicted octanol–water partition coefficient (Wildman–Crippen LogP) is 3.75. The van der Waals surface area contributed by atoms with E-state index in [2.05, 4.69) is 15.4 Å². The summed E-state index contributed by atoms with van der Waals surface area (Å²) in [6, 6.07) is 15.3. The summed E-state index contributed by atoms with van der Waals surface area (Å²) in [5.41, 5.74) is 1.86. The second-order valence-corrected chi connectivity index (χ2v) is 6.21. The highest BCUT2D eigenvalue weighted by Gasteiger charge is 2.22. The van der Waals surface area contributed by atoms with Crippen molar-refractivity contribution in [1.29, 1.82) is 0 Å². The van der Waals surface area contributed by atoms with E-state index in [4.69, 9.17) is 14.6 Å². The molecule has 0 amide bonds. The number of carbonyl (C=O) groups is 1. The maximum Gasteiger partial charge on any atom is 0.359 e. The van der Waals surface area contributed by atoms with Gasteiger partial charge in [0.2, 0.25) is 5.69 Å². The number of nitrogens with zero attached hydrogens (tertiary/aromatic N) is 2. The topological polar surface area (TPSA) is 97.3 Å². The van der Waals surface area contributed by atoms with Gasteiger partial charge in [-0.25, -0.2) is 9.89 Å². The summed E-state index contributed by atoms with van der Waals surface area (Å²) in [5, 5.41) is 18.4. The van der Waals surface area contributed by atoms with Crippen LogP contribution in [0.1, 0.15) is 23.3 Å². The molecular formula is C19H17N3O4. The van der Waals surface area contributed by atoms with Crippen molar-refractivity contribution in [3.05, 3.63) is 54.2 Å². The minimum atomic E-state index is -1.18. The Labute approximate surface area is 149 Å². The fourth-order valence-electron chi connectivity index (χ4n) is 2.52. The van der Waals surface area contributed by atoms with Crippen LogP contribution in [0.5, 0.6) is 17.4 Å². The second-order valence-electron chi connectivity index (χ2n) is 6.21. The molecule has 4 rings (SSSR count). The molecule has 132 valence electrons.